The molecule has 1 saturated heterocycles. The topological polar surface area (TPSA) is 162 Å². The number of aliphatic carboxylic acids is 1. The minimum absolute atomic E-state index is 0.0366. The largest absolute Gasteiger partial charge is 0.480 e. The summed E-state index contributed by atoms with van der Waals surface area (Å²) in [5.41, 5.74) is 2.25. The molecule has 0 aliphatic carbocycles. The first-order valence-corrected chi connectivity index (χ1v) is 15.2. The van der Waals surface area contributed by atoms with Gasteiger partial charge in [-0.1, -0.05) is 91.0 Å². The average Bonchev–Trinajstić information content (AvgIpc) is 3.55. The lowest BCUT2D eigenvalue weighted by atomic mass is 10.0. The van der Waals surface area contributed by atoms with Crippen LogP contribution in [0.1, 0.15) is 36.5 Å². The number of hydrogen-bond donors (Lipinski definition) is 4. The van der Waals surface area contributed by atoms with Gasteiger partial charge in [-0.05, 0) is 36.5 Å². The van der Waals surface area contributed by atoms with Gasteiger partial charge in [0.15, 0.2) is 0 Å². The summed E-state index contributed by atoms with van der Waals surface area (Å²) in [4.78, 5) is 79.1. The van der Waals surface area contributed by atoms with E-state index in [-0.39, 0.29) is 31.7 Å². The highest BCUT2D eigenvalue weighted by Crippen LogP contribution is 2.20. The van der Waals surface area contributed by atoms with Crippen molar-refractivity contribution in [1.82, 2.24) is 20.9 Å². The van der Waals surface area contributed by atoms with E-state index in [1.54, 1.807) is 54.6 Å². The van der Waals surface area contributed by atoms with Crippen LogP contribution >= 0.6 is 0 Å². The minimum atomic E-state index is -1.29. The van der Waals surface area contributed by atoms with Gasteiger partial charge in [0.25, 0.3) is 5.91 Å². The van der Waals surface area contributed by atoms with Gasteiger partial charge in [-0.3, -0.25) is 24.0 Å². The van der Waals surface area contributed by atoms with Crippen LogP contribution in [0.25, 0.3) is 0 Å². The number of nitrogens with one attached hydrogen (secondary N) is 3. The van der Waals surface area contributed by atoms with Crippen molar-refractivity contribution in [2.75, 3.05) is 6.54 Å². The fourth-order valence-electron chi connectivity index (χ4n) is 5.43. The van der Waals surface area contributed by atoms with E-state index < -0.39 is 53.6 Å². The summed E-state index contributed by atoms with van der Waals surface area (Å²) in [5.74, 6) is -4.87. The normalized spacial score (nSPS) is 16.0. The maximum absolute atomic E-state index is 13.5. The lowest BCUT2D eigenvalue weighted by molar-refractivity contribution is -0.150. The van der Waals surface area contributed by atoms with Crippen LogP contribution in [0.3, 0.4) is 0 Å². The fraction of sp³-hybridized carbons (Fsp3) is 0.314. The molecule has 0 bridgehead atoms. The smallest absolute Gasteiger partial charge is 0.326 e. The fourth-order valence-corrected chi connectivity index (χ4v) is 5.43. The molecular weight excluding hydrogens is 588 g/mol. The molecule has 0 saturated carbocycles. The molecular formula is C35H38N4O7. The Bertz CT molecular complexity index is 1530. The Morgan fingerprint density at radius 1 is 0.739 bits per heavy atom. The monoisotopic (exact) mass is 626 g/mol. The van der Waals surface area contributed by atoms with Crippen LogP contribution in [0.15, 0.2) is 91.0 Å². The van der Waals surface area contributed by atoms with Crippen LogP contribution < -0.4 is 16.0 Å². The SMILES string of the molecule is CC(NC(=O)C(Cc1ccccc1)NC(=O)Cc1ccccc1)C(=O)C(=O)NC(Cc1ccccc1)C(=O)N1CCCC1C(=O)O. The quantitative estimate of drug-likeness (QED) is 0.199. The molecule has 4 unspecified atom stereocenters. The van der Waals surface area contributed by atoms with Gasteiger partial charge in [0.1, 0.15) is 18.1 Å². The van der Waals surface area contributed by atoms with E-state index in [1.807, 2.05) is 36.4 Å². The number of Topliss-reactive ketones (excluding diaryl/α,β-unsaturated/α-hetero) is 1. The maximum atomic E-state index is 13.5. The second-order valence-electron chi connectivity index (χ2n) is 11.3. The highest BCUT2D eigenvalue weighted by atomic mass is 16.4. The molecule has 4 atom stereocenters. The Hall–Kier alpha value is -5.32. The van der Waals surface area contributed by atoms with Crippen molar-refractivity contribution in [3.63, 3.8) is 0 Å². The molecule has 240 valence electrons. The Labute approximate surface area is 267 Å². The number of nitrogens with zero attached hydrogens (tertiary/aromatic N) is 1. The Morgan fingerprint density at radius 3 is 1.80 bits per heavy atom. The average molecular weight is 627 g/mol. The van der Waals surface area contributed by atoms with E-state index >= 15 is 0 Å². The van der Waals surface area contributed by atoms with E-state index in [0.717, 1.165) is 11.1 Å². The maximum Gasteiger partial charge on any atom is 0.326 e. The van der Waals surface area contributed by atoms with Crippen LogP contribution in [0.2, 0.25) is 0 Å². The van der Waals surface area contributed by atoms with Crippen molar-refractivity contribution in [3.05, 3.63) is 108 Å². The summed E-state index contributed by atoms with van der Waals surface area (Å²) in [6.07, 6.45) is 1.03. The Balaban J connectivity index is 1.44. The minimum Gasteiger partial charge on any atom is -0.480 e. The number of likely N-dealkylation sites (tertiary alicyclic amines) is 1. The zero-order valence-corrected chi connectivity index (χ0v) is 25.6. The molecule has 0 spiro atoms. The lowest BCUT2D eigenvalue weighted by Gasteiger charge is -2.27. The summed E-state index contributed by atoms with van der Waals surface area (Å²) in [6, 6.07) is 22.4. The molecule has 1 fully saturated rings. The molecule has 46 heavy (non-hydrogen) atoms. The van der Waals surface area contributed by atoms with Gasteiger partial charge in [-0.2, -0.15) is 0 Å². The predicted molar refractivity (Wildman–Crippen MR) is 169 cm³/mol. The third-order valence-corrected chi connectivity index (χ3v) is 7.82. The number of carboxylic acids is 1. The van der Waals surface area contributed by atoms with E-state index in [9.17, 15) is 33.9 Å². The van der Waals surface area contributed by atoms with Gasteiger partial charge < -0.3 is 26.0 Å². The summed E-state index contributed by atoms with van der Waals surface area (Å²) >= 11 is 0. The number of hydrogen-bond acceptors (Lipinski definition) is 6. The van der Waals surface area contributed by atoms with E-state index in [2.05, 4.69) is 16.0 Å². The molecule has 1 aliphatic heterocycles. The van der Waals surface area contributed by atoms with E-state index in [1.165, 1.54) is 11.8 Å². The van der Waals surface area contributed by atoms with E-state index in [0.29, 0.717) is 18.4 Å². The molecule has 1 aliphatic rings. The first-order chi connectivity index (χ1) is 22.1. The van der Waals surface area contributed by atoms with Crippen LogP contribution in [0.5, 0.6) is 0 Å². The molecule has 11 heteroatoms. The van der Waals surface area contributed by atoms with Gasteiger partial charge in [-0.15, -0.1) is 0 Å². The number of amides is 4. The van der Waals surface area contributed by atoms with Crippen LogP contribution in [0, 0.1) is 0 Å². The molecule has 4 N–H and O–H groups in total. The summed E-state index contributed by atoms with van der Waals surface area (Å²) < 4.78 is 0. The zero-order valence-electron chi connectivity index (χ0n) is 25.6. The third kappa shape index (κ3) is 9.34. The molecule has 1 heterocycles. The number of rotatable bonds is 14. The number of carbonyl (C=O) groups excluding carboxylic acids is 5. The van der Waals surface area contributed by atoms with Crippen LogP contribution in [-0.2, 0) is 48.0 Å². The van der Waals surface area contributed by atoms with Crippen LogP contribution in [0.4, 0.5) is 0 Å². The van der Waals surface area contributed by atoms with Crippen molar-refractivity contribution in [1.29, 1.82) is 0 Å². The number of ketones is 1. The first-order valence-electron chi connectivity index (χ1n) is 15.2. The molecule has 11 nitrogen and oxygen atoms in total. The van der Waals surface area contributed by atoms with Crippen molar-refractivity contribution >= 4 is 35.4 Å². The highest BCUT2D eigenvalue weighted by Gasteiger charge is 2.38. The standard InChI is InChI=1S/C35H38N4O7/c1-23(36-32(42)27(20-24-12-5-2-6-13-24)37-30(40)22-26-16-9-4-10-17-26)31(41)33(43)38-28(21-25-14-7-3-8-15-25)34(44)39-19-11-18-29(39)35(45)46/h2-10,12-17,23,27-29H,11,18-22H2,1H3,(H,36,42)(H,37,40)(H,38,43)(H,45,46). The van der Waals surface area contributed by atoms with E-state index in [4.69, 9.17) is 0 Å². The summed E-state index contributed by atoms with van der Waals surface area (Å²) in [5, 5.41) is 17.4. The molecule has 4 rings (SSSR count). The Morgan fingerprint density at radius 2 is 1.26 bits per heavy atom. The van der Waals surface area contributed by atoms with Crippen LogP contribution in [-0.4, -0.2) is 76.1 Å². The first kappa shape index (κ1) is 33.6. The second-order valence-corrected chi connectivity index (χ2v) is 11.3. The molecule has 4 amide bonds. The lowest BCUT2D eigenvalue weighted by Crippen LogP contribution is -2.57. The summed E-state index contributed by atoms with van der Waals surface area (Å²) in [6.45, 7) is 1.57. The van der Waals surface area contributed by atoms with Gasteiger partial charge in [0.05, 0.1) is 12.5 Å². The van der Waals surface area contributed by atoms with Gasteiger partial charge in [-0.25, -0.2) is 4.79 Å². The van der Waals surface area contributed by atoms with Crippen molar-refractivity contribution < 1.29 is 33.9 Å². The third-order valence-electron chi connectivity index (χ3n) is 7.82. The number of benzene rings is 3. The highest BCUT2D eigenvalue weighted by molar-refractivity contribution is 6.38. The number of carboxylic acid groups (broad SMARTS) is 1. The van der Waals surface area contributed by atoms with Gasteiger partial charge in [0.2, 0.25) is 23.5 Å². The molecule has 0 radical (unpaired) electrons. The zero-order chi connectivity index (χ0) is 33.1. The van der Waals surface area contributed by atoms with Crippen molar-refractivity contribution in [3.8, 4) is 0 Å². The molecule has 3 aromatic carbocycles. The second kappa shape index (κ2) is 16.1. The molecule has 3 aromatic rings. The van der Waals surface area contributed by atoms with Gasteiger partial charge in [0, 0.05) is 19.4 Å². The van der Waals surface area contributed by atoms with Gasteiger partial charge >= 0.3 is 5.97 Å². The predicted octanol–water partition coefficient (Wildman–Crippen LogP) is 1.83. The van der Waals surface area contributed by atoms with Crippen molar-refractivity contribution in [2.45, 2.75) is 63.2 Å². The summed E-state index contributed by atoms with van der Waals surface area (Å²) in [7, 11) is 0. The Kier molecular flexibility index (Phi) is 11.8. The van der Waals surface area contributed by atoms with Crippen molar-refractivity contribution in [2.24, 2.45) is 0 Å². The molecule has 0 aromatic heterocycles. The number of carbonyl (C=O) groups is 6.